The summed E-state index contributed by atoms with van der Waals surface area (Å²) in [6, 6.07) is 17.6. The Kier molecular flexibility index (Phi) is 5.09. The fraction of sp³-hybridized carbons (Fsp3) is 0.200. The van der Waals surface area contributed by atoms with E-state index in [-0.39, 0.29) is 0 Å². The first-order valence-corrected chi connectivity index (χ1v) is 6.70. The van der Waals surface area contributed by atoms with Gasteiger partial charge in [-0.3, -0.25) is 0 Å². The summed E-state index contributed by atoms with van der Waals surface area (Å²) in [5.41, 5.74) is 0. The van der Waals surface area contributed by atoms with Crippen LogP contribution in [-0.2, 0) is 0 Å². The molecule has 0 saturated heterocycles. The van der Waals surface area contributed by atoms with Crippen LogP contribution >= 0.6 is 15.9 Å². The van der Waals surface area contributed by atoms with E-state index in [1.165, 1.54) is 0 Å². The largest absolute Gasteiger partial charge is 0.493 e. The Balaban J connectivity index is 1.63. The molecule has 0 spiro atoms. The van der Waals surface area contributed by atoms with E-state index < -0.39 is 0 Å². The maximum Gasteiger partial charge on any atom is 0.119 e. The molecule has 2 aromatic rings. The Bertz CT molecular complexity index is 454. The molecule has 0 aliphatic rings. The number of para-hydroxylation sites is 1. The molecule has 0 saturated carbocycles. The van der Waals surface area contributed by atoms with E-state index in [4.69, 9.17) is 9.47 Å². The van der Waals surface area contributed by atoms with Crippen LogP contribution in [0.5, 0.6) is 11.5 Å². The maximum atomic E-state index is 5.60. The molecule has 0 bridgehead atoms. The molecule has 0 aromatic heterocycles. The van der Waals surface area contributed by atoms with E-state index in [1.54, 1.807) is 0 Å². The van der Waals surface area contributed by atoms with Crippen molar-refractivity contribution in [2.24, 2.45) is 0 Å². The van der Waals surface area contributed by atoms with Crippen molar-refractivity contribution in [1.29, 1.82) is 0 Å². The van der Waals surface area contributed by atoms with Crippen molar-refractivity contribution >= 4 is 15.9 Å². The SMILES string of the molecule is Brc1ccc(OCCCOc2ccccc2)cc1. The molecule has 2 rings (SSSR count). The first-order chi connectivity index (χ1) is 8.84. The van der Waals surface area contributed by atoms with Gasteiger partial charge in [0.25, 0.3) is 0 Å². The number of hydrogen-bond donors (Lipinski definition) is 0. The van der Waals surface area contributed by atoms with E-state index in [1.807, 2.05) is 54.6 Å². The van der Waals surface area contributed by atoms with Crippen LogP contribution in [0.4, 0.5) is 0 Å². The zero-order valence-electron chi connectivity index (χ0n) is 10.0. The lowest BCUT2D eigenvalue weighted by Crippen LogP contribution is -2.04. The third-order valence-electron chi connectivity index (χ3n) is 2.38. The van der Waals surface area contributed by atoms with Gasteiger partial charge in [0.15, 0.2) is 0 Å². The molecule has 0 radical (unpaired) electrons. The van der Waals surface area contributed by atoms with Gasteiger partial charge in [-0.1, -0.05) is 34.1 Å². The lowest BCUT2D eigenvalue weighted by atomic mass is 10.3. The Morgan fingerprint density at radius 2 is 1.28 bits per heavy atom. The van der Waals surface area contributed by atoms with Gasteiger partial charge in [-0.15, -0.1) is 0 Å². The van der Waals surface area contributed by atoms with E-state index >= 15 is 0 Å². The molecule has 0 atom stereocenters. The average Bonchev–Trinajstić information content (AvgIpc) is 2.42. The molecule has 94 valence electrons. The normalized spacial score (nSPS) is 10.1. The first-order valence-electron chi connectivity index (χ1n) is 5.91. The molecule has 0 heterocycles. The Hall–Kier alpha value is -1.48. The molecule has 2 nitrogen and oxygen atoms in total. The standard InChI is InChI=1S/C15H15BrO2/c16-13-7-9-15(10-8-13)18-12-4-11-17-14-5-2-1-3-6-14/h1-3,5-10H,4,11-12H2. The van der Waals surface area contributed by atoms with Crippen molar-refractivity contribution in [2.45, 2.75) is 6.42 Å². The summed E-state index contributed by atoms with van der Waals surface area (Å²) < 4.78 is 12.2. The fourth-order valence-corrected chi connectivity index (χ4v) is 1.75. The number of ether oxygens (including phenoxy) is 2. The van der Waals surface area contributed by atoms with Crippen molar-refractivity contribution in [3.05, 3.63) is 59.1 Å². The Morgan fingerprint density at radius 3 is 1.89 bits per heavy atom. The van der Waals surface area contributed by atoms with Gasteiger partial charge in [-0.25, -0.2) is 0 Å². The smallest absolute Gasteiger partial charge is 0.119 e. The highest BCUT2D eigenvalue weighted by molar-refractivity contribution is 9.10. The van der Waals surface area contributed by atoms with Crippen LogP contribution in [0.3, 0.4) is 0 Å². The highest BCUT2D eigenvalue weighted by Crippen LogP contribution is 2.16. The second-order valence-corrected chi connectivity index (χ2v) is 4.73. The summed E-state index contributed by atoms with van der Waals surface area (Å²) in [5, 5.41) is 0. The van der Waals surface area contributed by atoms with Crippen LogP contribution in [0.1, 0.15) is 6.42 Å². The molecule has 0 N–H and O–H groups in total. The Labute approximate surface area is 116 Å². The van der Waals surface area contributed by atoms with Crippen molar-refractivity contribution in [1.82, 2.24) is 0 Å². The van der Waals surface area contributed by atoms with Gasteiger partial charge < -0.3 is 9.47 Å². The van der Waals surface area contributed by atoms with Gasteiger partial charge in [0, 0.05) is 10.9 Å². The average molecular weight is 307 g/mol. The number of rotatable bonds is 6. The van der Waals surface area contributed by atoms with E-state index in [0.717, 1.165) is 22.4 Å². The van der Waals surface area contributed by atoms with Gasteiger partial charge in [-0.05, 0) is 36.4 Å². The molecule has 18 heavy (non-hydrogen) atoms. The molecule has 3 heteroatoms. The molecule has 0 amide bonds. The van der Waals surface area contributed by atoms with Gasteiger partial charge >= 0.3 is 0 Å². The van der Waals surface area contributed by atoms with Crippen LogP contribution < -0.4 is 9.47 Å². The summed E-state index contributed by atoms with van der Waals surface area (Å²) in [5.74, 6) is 1.79. The lowest BCUT2D eigenvalue weighted by Gasteiger charge is -2.07. The molecule has 2 aromatic carbocycles. The predicted octanol–water partition coefficient (Wildman–Crippen LogP) is 4.30. The quantitative estimate of drug-likeness (QED) is 0.741. The topological polar surface area (TPSA) is 18.5 Å². The van der Waals surface area contributed by atoms with E-state index in [2.05, 4.69) is 15.9 Å². The molecular formula is C15H15BrO2. The zero-order chi connectivity index (χ0) is 12.6. The molecule has 0 fully saturated rings. The van der Waals surface area contributed by atoms with Crippen LogP contribution in [0.15, 0.2) is 59.1 Å². The minimum atomic E-state index is 0.661. The summed E-state index contributed by atoms with van der Waals surface area (Å²) in [6.07, 6.45) is 0.866. The van der Waals surface area contributed by atoms with Gasteiger partial charge in [0.05, 0.1) is 13.2 Å². The zero-order valence-corrected chi connectivity index (χ0v) is 11.6. The van der Waals surface area contributed by atoms with Crippen LogP contribution in [0, 0.1) is 0 Å². The van der Waals surface area contributed by atoms with Crippen LogP contribution in [-0.4, -0.2) is 13.2 Å². The van der Waals surface area contributed by atoms with Gasteiger partial charge in [0.1, 0.15) is 11.5 Å². The monoisotopic (exact) mass is 306 g/mol. The van der Waals surface area contributed by atoms with Crippen LogP contribution in [0.2, 0.25) is 0 Å². The third-order valence-corrected chi connectivity index (χ3v) is 2.91. The van der Waals surface area contributed by atoms with E-state index in [0.29, 0.717) is 13.2 Å². The number of halogens is 1. The van der Waals surface area contributed by atoms with Gasteiger partial charge in [0.2, 0.25) is 0 Å². The maximum absolute atomic E-state index is 5.60. The van der Waals surface area contributed by atoms with Crippen molar-refractivity contribution < 1.29 is 9.47 Å². The molecule has 0 aliphatic heterocycles. The highest BCUT2D eigenvalue weighted by atomic mass is 79.9. The fourth-order valence-electron chi connectivity index (χ4n) is 1.49. The summed E-state index contributed by atoms with van der Waals surface area (Å²) >= 11 is 3.39. The number of benzene rings is 2. The minimum Gasteiger partial charge on any atom is -0.493 e. The summed E-state index contributed by atoms with van der Waals surface area (Å²) in [4.78, 5) is 0. The van der Waals surface area contributed by atoms with Crippen LogP contribution in [0.25, 0.3) is 0 Å². The van der Waals surface area contributed by atoms with E-state index in [9.17, 15) is 0 Å². The first kappa shape index (κ1) is 13.0. The predicted molar refractivity (Wildman–Crippen MR) is 76.2 cm³/mol. The summed E-state index contributed by atoms with van der Waals surface area (Å²) in [6.45, 7) is 1.33. The van der Waals surface area contributed by atoms with Crippen molar-refractivity contribution in [3.63, 3.8) is 0 Å². The van der Waals surface area contributed by atoms with Crippen molar-refractivity contribution in [3.8, 4) is 11.5 Å². The summed E-state index contributed by atoms with van der Waals surface area (Å²) in [7, 11) is 0. The van der Waals surface area contributed by atoms with Gasteiger partial charge in [-0.2, -0.15) is 0 Å². The molecular weight excluding hydrogens is 292 g/mol. The Morgan fingerprint density at radius 1 is 0.722 bits per heavy atom. The third kappa shape index (κ3) is 4.41. The number of hydrogen-bond acceptors (Lipinski definition) is 2. The highest BCUT2D eigenvalue weighted by Gasteiger charge is 1.95. The minimum absolute atomic E-state index is 0.661. The molecule has 0 aliphatic carbocycles. The molecule has 0 unspecified atom stereocenters. The lowest BCUT2D eigenvalue weighted by molar-refractivity contribution is 0.247. The second kappa shape index (κ2) is 7.07. The van der Waals surface area contributed by atoms with Crippen molar-refractivity contribution in [2.75, 3.05) is 13.2 Å². The second-order valence-electron chi connectivity index (χ2n) is 3.82.